The summed E-state index contributed by atoms with van der Waals surface area (Å²) >= 11 is 0. The van der Waals surface area contributed by atoms with Crippen molar-refractivity contribution in [3.8, 4) is 0 Å². The molecule has 1 amide bonds. The standard InChI is InChI=1S/C86H127N3O23/c1-49-26-19-18-20-27-50(2)64(104-15)44-58-33-31-55(7)86(102,112-58)80(98)81(99)89-39-24-23-28-61(89)83(101)109-65(45-62(91)51(3)41-54(6)76(95)79(106-17)75(94)53(5)40-49)52(4)42-57-32-35-63(66(43-57)105-16)108-70(92)29-21-22-30-71(93)110-68-36-34-60-72-74(67(107-56(8)90)46-84(60,68)9)85(10)69(48-103-14)111-82(100)59(73(85)78(97)77(72)96)47-88(13)38-25-37-87(11)12/h18-20,26-27,41,47,49,51-53,55,57-58,60-61,63-69,76,79,95,97,102H,21-25,28-40,42-46,48H2,1-17H3/b20-18+,26-19+,50-27+,54-41+,59-47-/t49-,51-,52-,53-,55-,57+,58+,60?,61+,63-,64+,65+,66-,67-,68+,69-,76-,79+,84+,85+,86-/m1/s1. The number of cyclic esters (lactones) is 2. The van der Waals surface area contributed by atoms with Crippen molar-refractivity contribution in [3.05, 3.63) is 81.9 Å². The molecule has 5 fully saturated rings. The number of amides is 1. The third-order valence-corrected chi connectivity index (χ3v) is 25.1. The number of Topliss-reactive ketones (excluding diaryl/α,β-unsaturated/α-hetero) is 4. The minimum absolute atomic E-state index is 0.00596. The Balaban J connectivity index is 0.922. The first kappa shape index (κ1) is 90.5. The van der Waals surface area contributed by atoms with Crippen LogP contribution in [-0.2, 0) is 95.3 Å². The van der Waals surface area contributed by atoms with Gasteiger partial charge in [-0.3, -0.25) is 38.4 Å². The summed E-state index contributed by atoms with van der Waals surface area (Å²) < 4.78 is 60.4. The number of piperidine rings is 1. The second-order valence-corrected chi connectivity index (χ2v) is 33.8. The lowest BCUT2D eigenvalue weighted by Gasteiger charge is -2.54. The molecule has 3 saturated heterocycles. The van der Waals surface area contributed by atoms with Gasteiger partial charge in [-0.05, 0) is 185 Å². The van der Waals surface area contributed by atoms with Crippen LogP contribution >= 0.6 is 0 Å². The maximum Gasteiger partial charge on any atom is 0.340 e. The first-order chi connectivity index (χ1) is 53.0. The van der Waals surface area contributed by atoms with E-state index in [4.69, 9.17) is 47.4 Å². The number of esters is 5. The Hall–Kier alpha value is -7.04. The molecule has 0 aromatic heterocycles. The number of hydrogen-bond donors (Lipinski definition) is 3. The average molecular weight is 1570 g/mol. The number of ketones is 4. The van der Waals surface area contributed by atoms with Crippen LogP contribution in [0.4, 0.5) is 0 Å². The quantitative estimate of drug-likeness (QED) is 0.0240. The fraction of sp³-hybridized carbons (Fsp3) is 0.721. The zero-order valence-electron chi connectivity index (χ0n) is 69.3. The summed E-state index contributed by atoms with van der Waals surface area (Å²) in [5.41, 5.74) is -0.425. The summed E-state index contributed by atoms with van der Waals surface area (Å²) in [6.07, 6.45) is 10.2. The first-order valence-corrected chi connectivity index (χ1v) is 40.5. The third kappa shape index (κ3) is 21.2. The Morgan fingerprint density at radius 1 is 0.768 bits per heavy atom. The molecule has 26 heteroatoms. The van der Waals surface area contributed by atoms with Crippen LogP contribution in [0.2, 0.25) is 0 Å². The molecule has 112 heavy (non-hydrogen) atoms. The third-order valence-electron chi connectivity index (χ3n) is 25.1. The lowest BCUT2D eigenvalue weighted by molar-refractivity contribution is -0.265. The second kappa shape index (κ2) is 40.0. The molecule has 21 atom stereocenters. The molecule has 0 radical (unpaired) electrons. The fourth-order valence-corrected chi connectivity index (χ4v) is 18.6. The lowest BCUT2D eigenvalue weighted by Crippen LogP contribution is -2.61. The van der Waals surface area contributed by atoms with Gasteiger partial charge in [0.25, 0.3) is 11.7 Å². The van der Waals surface area contributed by atoms with Crippen molar-refractivity contribution in [2.24, 2.45) is 52.3 Å². The molecule has 8 rings (SSSR count). The first-order valence-electron chi connectivity index (χ1n) is 40.5. The molecule has 4 heterocycles. The van der Waals surface area contributed by atoms with Gasteiger partial charge in [0.1, 0.15) is 54.6 Å². The van der Waals surface area contributed by atoms with Crippen LogP contribution in [-0.4, -0.2) is 238 Å². The number of carbonyl (C=O) groups is 10. The van der Waals surface area contributed by atoms with Gasteiger partial charge in [-0.15, -0.1) is 0 Å². The van der Waals surface area contributed by atoms with Gasteiger partial charge in [-0.1, -0.05) is 78.0 Å². The highest BCUT2D eigenvalue weighted by Gasteiger charge is 2.65. The number of allylic oxidation sites excluding steroid dienone is 7. The van der Waals surface area contributed by atoms with Crippen molar-refractivity contribution in [3.63, 3.8) is 0 Å². The summed E-state index contributed by atoms with van der Waals surface area (Å²) in [7, 11) is 11.6. The molecular weight excluding hydrogens is 1440 g/mol. The van der Waals surface area contributed by atoms with Crippen LogP contribution in [0.15, 0.2) is 81.9 Å². The zero-order chi connectivity index (χ0) is 82.4. The van der Waals surface area contributed by atoms with Crippen LogP contribution < -0.4 is 0 Å². The summed E-state index contributed by atoms with van der Waals surface area (Å²) in [4.78, 5) is 147. The fourth-order valence-electron chi connectivity index (χ4n) is 18.6. The van der Waals surface area contributed by atoms with Crippen molar-refractivity contribution < 1.29 is 111 Å². The predicted molar refractivity (Wildman–Crippen MR) is 414 cm³/mol. The van der Waals surface area contributed by atoms with Gasteiger partial charge in [0.05, 0.1) is 35.9 Å². The number of aliphatic hydroxyl groups excluding tert-OH is 2. The predicted octanol–water partition coefficient (Wildman–Crippen LogP) is 9.99. The van der Waals surface area contributed by atoms with Crippen LogP contribution in [0.1, 0.15) is 198 Å². The van der Waals surface area contributed by atoms with Crippen molar-refractivity contribution in [2.75, 3.05) is 75.8 Å². The smallest absolute Gasteiger partial charge is 0.340 e. The van der Waals surface area contributed by atoms with Crippen LogP contribution in [0, 0.1) is 52.3 Å². The van der Waals surface area contributed by atoms with E-state index in [2.05, 4.69) is 0 Å². The minimum atomic E-state index is -2.51. The minimum Gasteiger partial charge on any atom is -0.504 e. The molecule has 624 valence electrons. The van der Waals surface area contributed by atoms with Crippen molar-refractivity contribution in [1.82, 2.24) is 14.7 Å². The number of ether oxygens (including phenoxy) is 10. The molecule has 4 aliphatic carbocycles. The molecule has 0 spiro atoms. The second-order valence-electron chi connectivity index (χ2n) is 33.8. The highest BCUT2D eigenvalue weighted by atomic mass is 16.6. The number of methoxy groups -OCH3 is 4. The number of nitrogens with zero attached hydrogens (tertiary/aromatic N) is 3. The van der Waals surface area contributed by atoms with Crippen molar-refractivity contribution >= 4 is 58.9 Å². The van der Waals surface area contributed by atoms with Gasteiger partial charge in [-0.2, -0.15) is 0 Å². The van der Waals surface area contributed by atoms with E-state index in [1.165, 1.54) is 28.3 Å². The topological polar surface area (TPSA) is 333 Å². The maximum atomic E-state index is 14.9. The van der Waals surface area contributed by atoms with Gasteiger partial charge in [0.15, 0.2) is 11.5 Å². The van der Waals surface area contributed by atoms with E-state index in [0.717, 1.165) is 23.4 Å². The van der Waals surface area contributed by atoms with E-state index >= 15 is 0 Å². The average Bonchev–Trinajstić information content (AvgIpc) is 0.947. The number of fused-ring (bicyclic) bond motifs is 7. The Labute approximate surface area is 661 Å². The number of unbranched alkanes of at least 4 members (excludes halogenated alkanes) is 1. The SMILES string of the molecule is COC[C@H]1OC(=O)/C(=C\N(C)CCCN(C)C)C2=C(O)C(=O)C3=C([C@H](OC(C)=O)C[C@@]4(C)C3CC[C@@H]4OC(=O)CCCCC(=O)O[C@@H]3CC[C@@H](C[C@@H](C)[C@@H]4CC(=O)[C@H](C)/C=C(\C)[C@@H](O)[C@@H](OC)C(=O)[C@H](C)C[C@H](C)/C=C/C=C/C=C(\C)[C@@H](OC)C[C@@H]5CC[C@@H](C)[C@@](O)(O5)C(=O)C(=O)N5CCCC[C@H]5C(=O)O4)C[C@H]3OC)[C@]21C. The zero-order valence-corrected chi connectivity index (χ0v) is 69.3. The van der Waals surface area contributed by atoms with E-state index in [1.54, 1.807) is 61.1 Å². The Bertz CT molecular complexity index is 3640. The lowest BCUT2D eigenvalue weighted by atomic mass is 9.53. The highest BCUT2D eigenvalue weighted by Crippen LogP contribution is 2.64. The molecule has 2 saturated carbocycles. The highest BCUT2D eigenvalue weighted by molar-refractivity contribution is 6.39. The number of hydrogen-bond acceptors (Lipinski definition) is 25. The molecule has 4 aliphatic heterocycles. The number of carbonyl (C=O) groups excluding carboxylic acids is 10. The van der Waals surface area contributed by atoms with E-state index in [1.807, 2.05) is 82.0 Å². The van der Waals surface area contributed by atoms with E-state index in [-0.39, 0.29) is 105 Å². The Kier molecular flexibility index (Phi) is 32.3. The van der Waals surface area contributed by atoms with E-state index in [9.17, 15) is 63.3 Å². The van der Waals surface area contributed by atoms with Gasteiger partial charge >= 0.3 is 29.8 Å². The molecule has 2 bridgehead atoms. The van der Waals surface area contributed by atoms with Crippen molar-refractivity contribution in [2.45, 2.75) is 271 Å². The molecule has 8 aliphatic rings. The monoisotopic (exact) mass is 1570 g/mol. The molecule has 1 unspecified atom stereocenters. The van der Waals surface area contributed by atoms with E-state index < -0.39 is 166 Å². The van der Waals surface area contributed by atoms with E-state index in [0.29, 0.717) is 88.3 Å². The molecule has 26 nitrogen and oxygen atoms in total. The van der Waals surface area contributed by atoms with Gasteiger partial charge < -0.3 is 77.4 Å². The normalized spacial score (nSPS) is 36.6. The maximum absolute atomic E-state index is 14.9. The van der Waals surface area contributed by atoms with Crippen molar-refractivity contribution in [1.29, 1.82) is 0 Å². The summed E-state index contributed by atoms with van der Waals surface area (Å²) in [5.74, 6) is -13.2. The summed E-state index contributed by atoms with van der Waals surface area (Å²) in [6.45, 7) is 18.7. The Morgan fingerprint density at radius 3 is 2.13 bits per heavy atom. The Morgan fingerprint density at radius 2 is 1.47 bits per heavy atom. The summed E-state index contributed by atoms with van der Waals surface area (Å²) in [5, 5.41) is 36.0. The van der Waals surface area contributed by atoms with Gasteiger partial charge in [0.2, 0.25) is 11.6 Å². The molecule has 0 aromatic rings. The number of rotatable bonds is 21. The van der Waals surface area contributed by atoms with Gasteiger partial charge in [0, 0.05) is 122 Å². The molecular formula is C86H127N3O23. The van der Waals surface area contributed by atoms with Crippen LogP contribution in [0.5, 0.6) is 0 Å². The van der Waals surface area contributed by atoms with Gasteiger partial charge in [-0.25, -0.2) is 9.59 Å². The summed E-state index contributed by atoms with van der Waals surface area (Å²) in [6, 6.07) is -1.24. The number of aliphatic hydroxyl groups is 3. The molecule has 3 N–H and O–H groups in total. The molecule has 0 aromatic carbocycles. The largest absolute Gasteiger partial charge is 0.504 e. The van der Waals surface area contributed by atoms with Crippen LogP contribution in [0.25, 0.3) is 0 Å². The van der Waals surface area contributed by atoms with Crippen LogP contribution in [0.3, 0.4) is 0 Å².